The number of rotatable bonds is 6. The van der Waals surface area contributed by atoms with E-state index in [4.69, 9.17) is 0 Å². The molecule has 0 saturated heterocycles. The van der Waals surface area contributed by atoms with E-state index >= 15 is 0 Å². The van der Waals surface area contributed by atoms with E-state index in [9.17, 15) is 14.7 Å². The lowest BCUT2D eigenvalue weighted by molar-refractivity contribution is -0.124. The van der Waals surface area contributed by atoms with Crippen LogP contribution in [0.25, 0.3) is 10.8 Å². The molecule has 7 heteroatoms. The van der Waals surface area contributed by atoms with Crippen LogP contribution >= 0.6 is 15.9 Å². The number of halogens is 1. The third-order valence-corrected chi connectivity index (χ3v) is 4.51. The molecule has 6 nitrogen and oxygen atoms in total. The molecule has 28 heavy (non-hydrogen) atoms. The molecule has 0 saturated carbocycles. The van der Waals surface area contributed by atoms with Gasteiger partial charge in [0.25, 0.3) is 0 Å². The van der Waals surface area contributed by atoms with E-state index < -0.39 is 0 Å². The Bertz CT molecular complexity index is 1050. The molecule has 3 N–H and O–H groups in total. The molecule has 2 amide bonds. The summed E-state index contributed by atoms with van der Waals surface area (Å²) in [5.41, 5.74) is 3.56. The summed E-state index contributed by atoms with van der Waals surface area (Å²) in [5, 5.41) is 18.5. The minimum atomic E-state index is -0.389. The molecule has 0 heterocycles. The number of hydrogen-bond donors (Lipinski definition) is 3. The molecule has 3 aromatic rings. The number of hydrazone groups is 1. The van der Waals surface area contributed by atoms with Crippen LogP contribution in [-0.2, 0) is 9.59 Å². The largest absolute Gasteiger partial charge is 0.507 e. The van der Waals surface area contributed by atoms with Crippen LogP contribution in [0.3, 0.4) is 0 Å². The average molecular weight is 440 g/mol. The van der Waals surface area contributed by atoms with Crippen molar-refractivity contribution in [1.82, 2.24) is 5.43 Å². The number of fused-ring (bicyclic) bond motifs is 1. The molecule has 0 aliphatic rings. The number of carbonyl (C=O) groups is 2. The first-order chi connectivity index (χ1) is 13.5. The Hall–Kier alpha value is -3.19. The van der Waals surface area contributed by atoms with Gasteiger partial charge in [0.2, 0.25) is 11.8 Å². The molecule has 0 fully saturated rings. The van der Waals surface area contributed by atoms with Crippen molar-refractivity contribution < 1.29 is 14.7 Å². The fourth-order valence-electron chi connectivity index (χ4n) is 2.66. The minimum absolute atomic E-state index is 0.00129. The first kappa shape index (κ1) is 19.6. The Balaban J connectivity index is 1.53. The lowest BCUT2D eigenvalue weighted by Crippen LogP contribution is -2.20. The number of phenols is 1. The molecule has 0 radical (unpaired) electrons. The second-order valence-corrected chi connectivity index (χ2v) is 6.99. The van der Waals surface area contributed by atoms with Gasteiger partial charge in [-0.1, -0.05) is 52.3 Å². The predicted octanol–water partition coefficient (Wildman–Crippen LogP) is 4.18. The smallest absolute Gasteiger partial charge is 0.240 e. The van der Waals surface area contributed by atoms with Crippen molar-refractivity contribution in [3.05, 3.63) is 70.7 Å². The number of hydrogen-bond acceptors (Lipinski definition) is 4. The average Bonchev–Trinajstić information content (AvgIpc) is 2.68. The summed E-state index contributed by atoms with van der Waals surface area (Å²) in [6.45, 7) is 0. The van der Waals surface area contributed by atoms with E-state index in [0.29, 0.717) is 11.3 Å². The van der Waals surface area contributed by atoms with Gasteiger partial charge in [-0.2, -0.15) is 5.10 Å². The molecule has 0 aliphatic heterocycles. The van der Waals surface area contributed by atoms with Gasteiger partial charge in [0, 0.05) is 28.6 Å². The van der Waals surface area contributed by atoms with E-state index in [0.717, 1.165) is 15.2 Å². The van der Waals surface area contributed by atoms with Crippen molar-refractivity contribution in [2.24, 2.45) is 5.10 Å². The summed E-state index contributed by atoms with van der Waals surface area (Å²) in [7, 11) is 0. The van der Waals surface area contributed by atoms with Crippen LogP contribution in [0.5, 0.6) is 5.75 Å². The van der Waals surface area contributed by atoms with Gasteiger partial charge in [-0.05, 0) is 35.0 Å². The normalized spacial score (nSPS) is 10.9. The number of phenolic OH excluding ortho intramolecular Hbond substituents is 1. The number of aromatic hydroxyl groups is 1. The molecular weight excluding hydrogens is 422 g/mol. The summed E-state index contributed by atoms with van der Waals surface area (Å²) in [6.07, 6.45) is 1.43. The Morgan fingerprint density at radius 1 is 1.00 bits per heavy atom. The quantitative estimate of drug-likeness (QED) is 0.397. The van der Waals surface area contributed by atoms with Crippen LogP contribution in [0.4, 0.5) is 5.69 Å². The molecule has 3 rings (SSSR count). The molecule has 0 atom stereocenters. The zero-order valence-electron chi connectivity index (χ0n) is 14.9. The third kappa shape index (κ3) is 5.17. The summed E-state index contributed by atoms with van der Waals surface area (Å²) >= 11 is 3.33. The SMILES string of the molecule is O=C(CCC(=O)Nc1cccc(Br)c1)N/N=C\c1c(O)ccc2ccccc12. The van der Waals surface area contributed by atoms with E-state index in [2.05, 4.69) is 31.8 Å². The van der Waals surface area contributed by atoms with Crippen LogP contribution in [0.15, 0.2) is 70.2 Å². The number of anilines is 1. The highest BCUT2D eigenvalue weighted by Crippen LogP contribution is 2.25. The summed E-state index contributed by atoms with van der Waals surface area (Å²) in [4.78, 5) is 23.9. The van der Waals surface area contributed by atoms with Crippen LogP contribution in [0.2, 0.25) is 0 Å². The molecule has 0 bridgehead atoms. The van der Waals surface area contributed by atoms with Gasteiger partial charge < -0.3 is 10.4 Å². The fraction of sp³-hybridized carbons (Fsp3) is 0.0952. The van der Waals surface area contributed by atoms with Gasteiger partial charge in [-0.15, -0.1) is 0 Å². The summed E-state index contributed by atoms with van der Waals surface area (Å²) in [6, 6.07) is 18.2. The Labute approximate surface area is 170 Å². The summed E-state index contributed by atoms with van der Waals surface area (Å²) in [5.74, 6) is -0.575. The number of amides is 2. The molecule has 0 aromatic heterocycles. The monoisotopic (exact) mass is 439 g/mol. The van der Waals surface area contributed by atoms with Crippen LogP contribution in [-0.4, -0.2) is 23.1 Å². The van der Waals surface area contributed by atoms with Crippen molar-refractivity contribution in [2.45, 2.75) is 12.8 Å². The summed E-state index contributed by atoms with van der Waals surface area (Å²) < 4.78 is 0.856. The third-order valence-electron chi connectivity index (χ3n) is 4.02. The Kier molecular flexibility index (Phi) is 6.39. The standard InChI is InChI=1S/C21H18BrN3O3/c22-15-5-3-6-16(12-15)24-20(27)10-11-21(28)25-23-13-18-17-7-2-1-4-14(17)8-9-19(18)26/h1-9,12-13,26H,10-11H2,(H,24,27)(H,25,28)/b23-13-. The predicted molar refractivity (Wildman–Crippen MR) is 113 cm³/mol. The maximum Gasteiger partial charge on any atom is 0.240 e. The zero-order valence-corrected chi connectivity index (χ0v) is 16.4. The van der Waals surface area contributed by atoms with Gasteiger partial charge >= 0.3 is 0 Å². The molecule has 0 spiro atoms. The van der Waals surface area contributed by atoms with Gasteiger partial charge in [0.05, 0.1) is 6.21 Å². The topological polar surface area (TPSA) is 90.8 Å². The van der Waals surface area contributed by atoms with Crippen LogP contribution < -0.4 is 10.7 Å². The highest BCUT2D eigenvalue weighted by molar-refractivity contribution is 9.10. The van der Waals surface area contributed by atoms with Gasteiger partial charge in [-0.25, -0.2) is 5.43 Å². The van der Waals surface area contributed by atoms with Crippen molar-refractivity contribution in [2.75, 3.05) is 5.32 Å². The van der Waals surface area contributed by atoms with E-state index in [1.165, 1.54) is 6.21 Å². The Morgan fingerprint density at radius 3 is 2.61 bits per heavy atom. The van der Waals surface area contributed by atoms with E-state index in [1.54, 1.807) is 18.2 Å². The fourth-order valence-corrected chi connectivity index (χ4v) is 3.06. The van der Waals surface area contributed by atoms with Gasteiger partial charge in [-0.3, -0.25) is 9.59 Å². The van der Waals surface area contributed by atoms with Gasteiger partial charge in [0.1, 0.15) is 5.75 Å². The number of carbonyl (C=O) groups excluding carboxylic acids is 2. The maximum atomic E-state index is 11.9. The second kappa shape index (κ2) is 9.14. The lowest BCUT2D eigenvalue weighted by Gasteiger charge is -2.06. The van der Waals surface area contributed by atoms with E-state index in [1.807, 2.05) is 42.5 Å². The second-order valence-electron chi connectivity index (χ2n) is 6.07. The van der Waals surface area contributed by atoms with Crippen molar-refractivity contribution >= 4 is 50.4 Å². The van der Waals surface area contributed by atoms with Crippen molar-refractivity contribution in [3.8, 4) is 5.75 Å². The van der Waals surface area contributed by atoms with E-state index in [-0.39, 0.29) is 30.4 Å². The van der Waals surface area contributed by atoms with Gasteiger partial charge in [0.15, 0.2) is 0 Å². The minimum Gasteiger partial charge on any atom is -0.507 e. The zero-order chi connectivity index (χ0) is 19.9. The number of nitrogens with zero attached hydrogens (tertiary/aromatic N) is 1. The highest BCUT2D eigenvalue weighted by atomic mass is 79.9. The molecular formula is C21H18BrN3O3. The van der Waals surface area contributed by atoms with Crippen LogP contribution in [0, 0.1) is 0 Å². The van der Waals surface area contributed by atoms with Crippen molar-refractivity contribution in [1.29, 1.82) is 0 Å². The maximum absolute atomic E-state index is 11.9. The number of nitrogens with one attached hydrogen (secondary N) is 2. The van der Waals surface area contributed by atoms with Crippen molar-refractivity contribution in [3.63, 3.8) is 0 Å². The first-order valence-corrected chi connectivity index (χ1v) is 9.40. The molecule has 0 unspecified atom stereocenters. The molecule has 3 aromatic carbocycles. The molecule has 142 valence electrons. The lowest BCUT2D eigenvalue weighted by atomic mass is 10.0. The highest BCUT2D eigenvalue weighted by Gasteiger charge is 2.08. The Morgan fingerprint density at radius 2 is 1.79 bits per heavy atom. The molecule has 0 aliphatic carbocycles. The van der Waals surface area contributed by atoms with Crippen LogP contribution in [0.1, 0.15) is 18.4 Å². The first-order valence-electron chi connectivity index (χ1n) is 8.61. The number of benzene rings is 3.